The molecule has 0 spiro atoms. The van der Waals surface area contributed by atoms with Gasteiger partial charge in [-0.1, -0.05) is 43.0 Å². The number of carbonyl (C=O) groups excluding carboxylic acids is 2. The Labute approximate surface area is 240 Å². The van der Waals surface area contributed by atoms with E-state index in [4.69, 9.17) is 15.3 Å². The molecule has 0 radical (unpaired) electrons. The van der Waals surface area contributed by atoms with Gasteiger partial charge in [0.1, 0.15) is 0 Å². The Kier molecular flexibility index (Phi) is 8.10. The largest absolute Gasteiger partial charge is 0.461 e. The van der Waals surface area contributed by atoms with Crippen LogP contribution < -0.4 is 11.3 Å². The first-order valence-corrected chi connectivity index (χ1v) is 15.4. The van der Waals surface area contributed by atoms with E-state index in [0.29, 0.717) is 23.6 Å². The van der Waals surface area contributed by atoms with Gasteiger partial charge in [-0.15, -0.1) is 0 Å². The molecule has 2 saturated carbocycles. The molecule has 10 heteroatoms. The second kappa shape index (κ2) is 11.9. The molecule has 4 fully saturated rings. The van der Waals surface area contributed by atoms with E-state index in [-0.39, 0.29) is 24.1 Å². The molecule has 1 aromatic carbocycles. The maximum Gasteiger partial charge on any atom is 0.362 e. The molecule has 2 aromatic rings. The Morgan fingerprint density at radius 2 is 1.63 bits per heavy atom. The number of para-hydroxylation sites is 2. The second-order valence-electron chi connectivity index (χ2n) is 12.4. The molecule has 4 bridgehead atoms. The third-order valence-corrected chi connectivity index (χ3v) is 9.75. The van der Waals surface area contributed by atoms with Crippen LogP contribution in [0, 0.1) is 11.8 Å². The van der Waals surface area contributed by atoms with Gasteiger partial charge >= 0.3 is 5.97 Å². The number of esters is 1. The topological polar surface area (TPSA) is 129 Å². The van der Waals surface area contributed by atoms with E-state index in [1.807, 2.05) is 28.8 Å². The van der Waals surface area contributed by atoms with E-state index < -0.39 is 24.0 Å². The molecular weight excluding hydrogens is 522 g/mol. The molecule has 6 rings (SSSR count). The lowest BCUT2D eigenvalue weighted by atomic mass is 9.68. The highest BCUT2D eigenvalue weighted by molar-refractivity contribution is 6.42. The third kappa shape index (κ3) is 5.63. The normalized spacial score (nSPS) is 30.1. The molecule has 3 heterocycles. The van der Waals surface area contributed by atoms with Gasteiger partial charge in [-0.3, -0.25) is 14.5 Å². The van der Waals surface area contributed by atoms with Crippen LogP contribution >= 0.6 is 0 Å². The smallest absolute Gasteiger partial charge is 0.362 e. The fourth-order valence-corrected chi connectivity index (χ4v) is 8.34. The van der Waals surface area contributed by atoms with Crippen molar-refractivity contribution < 1.29 is 19.2 Å². The minimum atomic E-state index is -0.835. The van der Waals surface area contributed by atoms with Crippen LogP contribution in [0.25, 0.3) is 11.0 Å². The van der Waals surface area contributed by atoms with Crippen molar-refractivity contribution in [2.75, 3.05) is 13.2 Å². The zero-order valence-electron chi connectivity index (χ0n) is 23.9. The minimum Gasteiger partial charge on any atom is -0.461 e. The number of ether oxygens (including phenoxy) is 1. The number of oxime groups is 1. The van der Waals surface area contributed by atoms with Crippen molar-refractivity contribution in [1.82, 2.24) is 14.5 Å². The van der Waals surface area contributed by atoms with Gasteiger partial charge in [0.15, 0.2) is 12.3 Å². The van der Waals surface area contributed by atoms with Gasteiger partial charge in [-0.2, -0.15) is 0 Å². The maximum atomic E-state index is 14.2. The molecule has 2 N–H and O–H groups in total. The highest BCUT2D eigenvalue weighted by Gasteiger charge is 2.45. The van der Waals surface area contributed by atoms with Crippen LogP contribution in [0.3, 0.4) is 0 Å². The van der Waals surface area contributed by atoms with Crippen molar-refractivity contribution in [2.24, 2.45) is 22.7 Å². The standard InChI is InChI=1S/C31H41N5O5/c1-2-40-31(39)29(34-41-18-27(32)37)28-30(38)36(26-12-4-3-11-25(26)33-28)24-16-21-9-6-10-22(17-24)35(21)23-14-19-7-5-8-20(13-19)15-23/h3-4,11-12,19-24H,2,5-10,13-18H2,1H3,(H2,32,37)/b34-29-/t19?,20?,21-,22+,23?,24+. The molecule has 1 amide bonds. The molecule has 41 heavy (non-hydrogen) atoms. The number of aromatic nitrogens is 2. The Bertz CT molecular complexity index is 1360. The van der Waals surface area contributed by atoms with Gasteiger partial charge in [-0.25, -0.2) is 9.78 Å². The van der Waals surface area contributed by atoms with Crippen LogP contribution in [0.5, 0.6) is 0 Å². The fourth-order valence-electron chi connectivity index (χ4n) is 8.34. The summed E-state index contributed by atoms with van der Waals surface area (Å²) >= 11 is 0. The number of fused-ring (bicyclic) bond motifs is 5. The highest BCUT2D eigenvalue weighted by atomic mass is 16.6. The molecule has 2 aliphatic heterocycles. The van der Waals surface area contributed by atoms with Gasteiger partial charge in [0.05, 0.1) is 17.6 Å². The number of rotatable bonds is 8. The summed E-state index contributed by atoms with van der Waals surface area (Å²) in [5.41, 5.74) is 5.61. The summed E-state index contributed by atoms with van der Waals surface area (Å²) in [4.78, 5) is 50.8. The molecule has 4 aliphatic rings. The lowest BCUT2D eigenvalue weighted by Gasteiger charge is -2.55. The van der Waals surface area contributed by atoms with Crippen molar-refractivity contribution in [3.05, 3.63) is 40.3 Å². The lowest BCUT2D eigenvalue weighted by molar-refractivity contribution is -0.135. The molecule has 5 atom stereocenters. The zero-order chi connectivity index (χ0) is 28.5. The number of nitrogens with two attached hydrogens (primary N) is 1. The van der Waals surface area contributed by atoms with E-state index in [2.05, 4.69) is 15.0 Å². The Morgan fingerprint density at radius 1 is 0.951 bits per heavy atom. The fraction of sp³-hybridized carbons (Fsp3) is 0.645. The van der Waals surface area contributed by atoms with Crippen LogP contribution in [-0.4, -0.2) is 63.4 Å². The Balaban J connectivity index is 1.36. The van der Waals surface area contributed by atoms with Crippen molar-refractivity contribution in [1.29, 1.82) is 0 Å². The summed E-state index contributed by atoms with van der Waals surface area (Å²) in [6, 6.07) is 9.02. The summed E-state index contributed by atoms with van der Waals surface area (Å²) in [6.07, 6.45) is 13.5. The number of hydrogen-bond acceptors (Lipinski definition) is 8. The summed E-state index contributed by atoms with van der Waals surface area (Å²) in [7, 11) is 0. The van der Waals surface area contributed by atoms with Crippen LogP contribution in [-0.2, 0) is 19.2 Å². The second-order valence-corrected chi connectivity index (χ2v) is 12.4. The summed E-state index contributed by atoms with van der Waals surface area (Å²) in [5, 5.41) is 3.82. The Morgan fingerprint density at radius 3 is 2.32 bits per heavy atom. The molecule has 1 aromatic heterocycles. The molecule has 2 unspecified atom stereocenters. The summed E-state index contributed by atoms with van der Waals surface area (Å²) < 4.78 is 7.01. The van der Waals surface area contributed by atoms with Gasteiger partial charge in [0.25, 0.3) is 11.5 Å². The first-order valence-electron chi connectivity index (χ1n) is 15.4. The number of nitrogens with zero attached hydrogens (tertiary/aromatic N) is 4. The van der Waals surface area contributed by atoms with Crippen molar-refractivity contribution in [3.63, 3.8) is 0 Å². The first kappa shape index (κ1) is 27.9. The van der Waals surface area contributed by atoms with E-state index in [0.717, 1.165) is 43.0 Å². The van der Waals surface area contributed by atoms with Gasteiger partial charge in [-0.05, 0) is 75.8 Å². The van der Waals surface area contributed by atoms with Crippen molar-refractivity contribution in [3.8, 4) is 0 Å². The SMILES string of the molecule is CCOC(=O)/C(=N\OCC(N)=O)c1nc2ccccc2n([C@H]2C[C@H]3CCC[C@@H](C2)N3C2CC3CCCC(C3)C2)c1=O. The minimum absolute atomic E-state index is 0.0289. The van der Waals surface area contributed by atoms with E-state index in [9.17, 15) is 14.4 Å². The maximum absolute atomic E-state index is 14.2. The van der Waals surface area contributed by atoms with Gasteiger partial charge < -0.3 is 19.9 Å². The summed E-state index contributed by atoms with van der Waals surface area (Å²) in [6.45, 7) is 1.22. The predicted octanol–water partition coefficient (Wildman–Crippen LogP) is 3.69. The first-order chi connectivity index (χ1) is 19.9. The van der Waals surface area contributed by atoms with Gasteiger partial charge in [0, 0.05) is 24.2 Å². The monoisotopic (exact) mass is 563 g/mol. The molecule has 220 valence electrons. The number of amides is 1. The highest BCUT2D eigenvalue weighted by Crippen LogP contribution is 2.47. The van der Waals surface area contributed by atoms with Crippen molar-refractivity contribution in [2.45, 2.75) is 102 Å². The molecule has 10 nitrogen and oxygen atoms in total. The number of primary amides is 1. The van der Waals surface area contributed by atoms with E-state index in [1.165, 1.54) is 44.9 Å². The quantitative estimate of drug-likeness (QED) is 0.295. The zero-order valence-corrected chi connectivity index (χ0v) is 23.9. The average molecular weight is 564 g/mol. The molecular formula is C31H41N5O5. The Hall–Kier alpha value is -3.27. The van der Waals surface area contributed by atoms with E-state index >= 15 is 0 Å². The number of hydrogen-bond donors (Lipinski definition) is 1. The number of piperidine rings is 2. The van der Waals surface area contributed by atoms with Crippen LogP contribution in [0.1, 0.15) is 89.3 Å². The van der Waals surface area contributed by atoms with Crippen LogP contribution in [0.15, 0.2) is 34.2 Å². The lowest BCUT2D eigenvalue weighted by Crippen LogP contribution is -2.58. The van der Waals surface area contributed by atoms with Crippen LogP contribution in [0.2, 0.25) is 0 Å². The third-order valence-electron chi connectivity index (χ3n) is 9.75. The predicted molar refractivity (Wildman–Crippen MR) is 154 cm³/mol. The average Bonchev–Trinajstić information content (AvgIpc) is 2.94. The van der Waals surface area contributed by atoms with Crippen LogP contribution in [0.4, 0.5) is 0 Å². The van der Waals surface area contributed by atoms with Gasteiger partial charge in [0.2, 0.25) is 5.71 Å². The van der Waals surface area contributed by atoms with Crippen molar-refractivity contribution >= 4 is 28.6 Å². The molecule has 2 aliphatic carbocycles. The molecule has 2 saturated heterocycles. The number of carbonyl (C=O) groups is 2. The number of benzene rings is 1. The summed E-state index contributed by atoms with van der Waals surface area (Å²) in [5.74, 6) is 0.161. The van der Waals surface area contributed by atoms with E-state index in [1.54, 1.807) is 6.92 Å².